The number of rotatable bonds is 9. The predicted molar refractivity (Wildman–Crippen MR) is 81.6 cm³/mol. The summed E-state index contributed by atoms with van der Waals surface area (Å²) in [6.45, 7) is -0.343. The molecule has 0 spiro atoms. The van der Waals surface area contributed by atoms with Gasteiger partial charge in [0.25, 0.3) is 0 Å². The van der Waals surface area contributed by atoms with Crippen LogP contribution in [0.5, 0.6) is 0 Å². The molecule has 0 aliphatic rings. The van der Waals surface area contributed by atoms with E-state index < -0.39 is 49.3 Å². The van der Waals surface area contributed by atoms with Gasteiger partial charge in [0.1, 0.15) is 11.3 Å². The van der Waals surface area contributed by atoms with Crippen molar-refractivity contribution in [3.8, 4) is 0 Å². The lowest BCUT2D eigenvalue weighted by molar-refractivity contribution is 0.0479. The van der Waals surface area contributed by atoms with Crippen LogP contribution in [0.1, 0.15) is 16.8 Å². The minimum atomic E-state index is -2.93. The fraction of sp³-hybridized carbons (Fsp3) is 0.462. The Hall–Kier alpha value is -2.18. The molecule has 26 heavy (non-hydrogen) atoms. The summed E-state index contributed by atoms with van der Waals surface area (Å²) in [5.41, 5.74) is 5.08. The maximum absolute atomic E-state index is 13.8. The number of carbonyl (C=O) groups is 1. The maximum Gasteiger partial charge on any atom is 0.500 e. The molecule has 0 atom stereocenters. The van der Waals surface area contributed by atoms with Crippen molar-refractivity contribution in [2.45, 2.75) is 12.5 Å². The van der Waals surface area contributed by atoms with Crippen LogP contribution >= 0.6 is 0 Å². The van der Waals surface area contributed by atoms with Gasteiger partial charge >= 0.3 is 14.8 Å². The van der Waals surface area contributed by atoms with Crippen LogP contribution in [0, 0.1) is 23.3 Å². The molecule has 0 aliphatic heterocycles. The number of azide groups is 1. The second-order valence-corrected chi connectivity index (χ2v) is 7.79. The number of carbonyl (C=O) groups excluding carboxylic acids is 1. The third-order valence-electron chi connectivity index (χ3n) is 3.38. The normalized spacial score (nSPS) is 11.2. The zero-order chi connectivity index (χ0) is 19.9. The van der Waals surface area contributed by atoms with Crippen LogP contribution in [0.15, 0.2) is 5.11 Å². The first kappa shape index (κ1) is 21.9. The van der Waals surface area contributed by atoms with Crippen molar-refractivity contribution in [1.82, 2.24) is 0 Å². The molecule has 0 radical (unpaired) electrons. The summed E-state index contributed by atoms with van der Waals surface area (Å²) in [6.07, 6.45) is 0.137. The fourth-order valence-corrected chi connectivity index (χ4v) is 3.70. The van der Waals surface area contributed by atoms with E-state index in [0.717, 1.165) is 0 Å². The number of benzene rings is 1. The van der Waals surface area contributed by atoms with Gasteiger partial charge in [0, 0.05) is 32.3 Å². The van der Waals surface area contributed by atoms with E-state index in [2.05, 4.69) is 14.8 Å². The molecule has 0 saturated heterocycles. The Morgan fingerprint density at radius 2 is 1.54 bits per heavy atom. The second kappa shape index (κ2) is 9.50. The molecule has 0 heterocycles. The Morgan fingerprint density at radius 1 is 1.04 bits per heavy atom. The average Bonchev–Trinajstić information content (AvgIpc) is 2.64. The van der Waals surface area contributed by atoms with Crippen molar-refractivity contribution < 1.29 is 40.4 Å². The van der Waals surface area contributed by atoms with E-state index in [1.165, 1.54) is 21.3 Å². The Balaban J connectivity index is 2.91. The van der Waals surface area contributed by atoms with E-state index >= 15 is 0 Å². The number of halogens is 4. The van der Waals surface area contributed by atoms with Crippen molar-refractivity contribution in [1.29, 1.82) is 0 Å². The lowest BCUT2D eigenvalue weighted by Crippen LogP contribution is -2.42. The molecular formula is C13H15F4N3O5Si. The van der Waals surface area contributed by atoms with E-state index in [1.54, 1.807) is 0 Å². The van der Waals surface area contributed by atoms with Gasteiger partial charge in [-0.15, -0.1) is 0 Å². The van der Waals surface area contributed by atoms with Crippen molar-refractivity contribution in [2.75, 3.05) is 27.9 Å². The van der Waals surface area contributed by atoms with Crippen molar-refractivity contribution in [2.24, 2.45) is 5.11 Å². The third-order valence-corrected chi connectivity index (χ3v) is 6.21. The minimum Gasteiger partial charge on any atom is -0.462 e. The van der Waals surface area contributed by atoms with Gasteiger partial charge in [-0.2, -0.15) is 0 Å². The van der Waals surface area contributed by atoms with Gasteiger partial charge < -0.3 is 18.0 Å². The smallest absolute Gasteiger partial charge is 0.462 e. The summed E-state index contributed by atoms with van der Waals surface area (Å²) in [7, 11) is 1.17. The standard InChI is InChI=1S/C13H15F4N3O5Si/c1-22-26(23-2,24-3)6-4-5-25-13(21)7-8(14)10(16)12(19-20-18)11(17)9(7)15/h4-6H2,1-3H3. The molecule has 8 nitrogen and oxygen atoms in total. The number of nitrogens with zero attached hydrogens (tertiary/aromatic N) is 3. The van der Waals surface area contributed by atoms with Crippen LogP contribution in [0.3, 0.4) is 0 Å². The minimum absolute atomic E-state index is 0.137. The van der Waals surface area contributed by atoms with Crippen LogP contribution in [0.25, 0.3) is 10.4 Å². The molecule has 1 aromatic carbocycles. The highest BCUT2D eigenvalue weighted by molar-refractivity contribution is 6.60. The van der Waals surface area contributed by atoms with Crippen LogP contribution in [-0.2, 0) is 18.0 Å². The molecule has 144 valence electrons. The van der Waals surface area contributed by atoms with E-state index in [4.69, 9.17) is 18.8 Å². The number of hydrogen-bond donors (Lipinski definition) is 0. The Bertz CT molecular complexity index is 689. The van der Waals surface area contributed by atoms with Gasteiger partial charge in [-0.1, -0.05) is 5.11 Å². The predicted octanol–water partition coefficient (Wildman–Crippen LogP) is 3.61. The first-order chi connectivity index (χ1) is 12.3. The van der Waals surface area contributed by atoms with E-state index in [0.29, 0.717) is 0 Å². The molecule has 0 amide bonds. The summed E-state index contributed by atoms with van der Waals surface area (Å²) < 4.78 is 74.9. The van der Waals surface area contributed by atoms with E-state index in [-0.39, 0.29) is 19.1 Å². The summed E-state index contributed by atoms with van der Waals surface area (Å²) in [4.78, 5) is 13.8. The van der Waals surface area contributed by atoms with Crippen molar-refractivity contribution >= 4 is 20.5 Å². The summed E-state index contributed by atoms with van der Waals surface area (Å²) >= 11 is 0. The van der Waals surface area contributed by atoms with Crippen LogP contribution in [0.2, 0.25) is 6.04 Å². The molecular weight excluding hydrogens is 382 g/mol. The summed E-state index contributed by atoms with van der Waals surface area (Å²) in [6, 6.07) is 0.216. The molecule has 1 aromatic rings. The second-order valence-electron chi connectivity index (χ2n) is 4.70. The molecule has 0 N–H and O–H groups in total. The molecule has 0 unspecified atom stereocenters. The number of esters is 1. The van der Waals surface area contributed by atoms with Crippen LogP contribution < -0.4 is 0 Å². The average molecular weight is 397 g/mol. The highest BCUT2D eigenvalue weighted by Gasteiger charge is 2.37. The monoisotopic (exact) mass is 397 g/mol. The van der Waals surface area contributed by atoms with Gasteiger partial charge in [-0.05, 0) is 12.0 Å². The van der Waals surface area contributed by atoms with E-state index in [1.807, 2.05) is 0 Å². The molecule has 0 saturated carbocycles. The quantitative estimate of drug-likeness (QED) is 0.0926. The number of ether oxygens (including phenoxy) is 1. The van der Waals surface area contributed by atoms with Gasteiger partial charge in [-0.25, -0.2) is 22.4 Å². The molecule has 0 aromatic heterocycles. The molecule has 0 bridgehead atoms. The Morgan fingerprint density at radius 3 is 1.96 bits per heavy atom. The van der Waals surface area contributed by atoms with Crippen molar-refractivity contribution in [3.05, 3.63) is 39.3 Å². The van der Waals surface area contributed by atoms with Crippen LogP contribution in [-0.4, -0.2) is 42.7 Å². The molecule has 0 fully saturated rings. The van der Waals surface area contributed by atoms with Crippen molar-refractivity contribution in [3.63, 3.8) is 0 Å². The largest absolute Gasteiger partial charge is 0.500 e. The summed E-state index contributed by atoms with van der Waals surface area (Å²) in [5.74, 6) is -9.67. The van der Waals surface area contributed by atoms with Gasteiger partial charge in [0.05, 0.1) is 6.61 Å². The lowest BCUT2D eigenvalue weighted by Gasteiger charge is -2.24. The first-order valence-electron chi connectivity index (χ1n) is 7.02. The van der Waals surface area contributed by atoms with Crippen LogP contribution in [0.4, 0.5) is 23.2 Å². The first-order valence-corrected chi connectivity index (χ1v) is 8.95. The third kappa shape index (κ3) is 4.50. The van der Waals surface area contributed by atoms with Gasteiger partial charge in [-0.3, -0.25) is 0 Å². The Kier molecular flexibility index (Phi) is 7.98. The highest BCUT2D eigenvalue weighted by atomic mass is 28.4. The zero-order valence-corrected chi connectivity index (χ0v) is 15.0. The molecule has 13 heteroatoms. The Labute approximate surface area is 146 Å². The molecule has 1 rings (SSSR count). The van der Waals surface area contributed by atoms with Gasteiger partial charge in [0.2, 0.25) is 0 Å². The zero-order valence-electron chi connectivity index (χ0n) is 14.0. The maximum atomic E-state index is 13.8. The van der Waals surface area contributed by atoms with E-state index in [9.17, 15) is 22.4 Å². The summed E-state index contributed by atoms with van der Waals surface area (Å²) in [5, 5.41) is 2.52. The topological polar surface area (TPSA) is 103 Å². The van der Waals surface area contributed by atoms with Gasteiger partial charge in [0.15, 0.2) is 23.3 Å². The highest BCUT2D eigenvalue weighted by Crippen LogP contribution is 2.30. The lowest BCUT2D eigenvalue weighted by atomic mass is 10.1. The molecule has 0 aliphatic carbocycles. The number of hydrogen-bond acceptors (Lipinski definition) is 6. The fourth-order valence-electron chi connectivity index (χ4n) is 2.01. The SMILES string of the molecule is CO[Si](CCCOC(=O)c1c(F)c(F)c(N=[N+]=[N-])c(F)c1F)(OC)OC.